The fourth-order valence-electron chi connectivity index (χ4n) is 2.32. The molecule has 0 aliphatic rings. The molecule has 0 spiro atoms. The highest BCUT2D eigenvalue weighted by molar-refractivity contribution is 9.10. The van der Waals surface area contributed by atoms with Crippen LogP contribution in [0.25, 0.3) is 6.08 Å². The normalized spacial score (nSPS) is 10.9. The molecule has 0 N–H and O–H groups in total. The quantitative estimate of drug-likeness (QED) is 0.414. The van der Waals surface area contributed by atoms with E-state index in [-0.39, 0.29) is 5.57 Å². The molecule has 25 heavy (non-hydrogen) atoms. The summed E-state index contributed by atoms with van der Waals surface area (Å²) in [6.07, 6.45) is 1.55. The molecule has 0 aromatic heterocycles. The Morgan fingerprint density at radius 3 is 2.48 bits per heavy atom. The number of hydrogen-bond acceptors (Lipinski definition) is 4. The number of halogens is 1. The van der Waals surface area contributed by atoms with E-state index >= 15 is 0 Å². The molecule has 0 amide bonds. The van der Waals surface area contributed by atoms with E-state index in [9.17, 15) is 4.79 Å². The van der Waals surface area contributed by atoms with Crippen LogP contribution in [0.3, 0.4) is 0 Å². The topological polar surface area (TPSA) is 59.3 Å². The average molecular weight is 400 g/mol. The number of rotatable bonds is 5. The maximum absolute atomic E-state index is 11.6. The molecule has 2 aromatic carbocycles. The van der Waals surface area contributed by atoms with Gasteiger partial charge < -0.3 is 9.47 Å². The van der Waals surface area contributed by atoms with E-state index < -0.39 is 5.97 Å². The second-order valence-electron chi connectivity index (χ2n) is 5.54. The molecule has 0 saturated carbocycles. The molecule has 0 heterocycles. The Morgan fingerprint density at radius 2 is 1.88 bits per heavy atom. The lowest BCUT2D eigenvalue weighted by atomic mass is 9.98. The van der Waals surface area contributed by atoms with Crippen molar-refractivity contribution in [3.63, 3.8) is 0 Å². The molecule has 128 valence electrons. The van der Waals surface area contributed by atoms with Crippen molar-refractivity contribution in [1.29, 1.82) is 5.26 Å². The molecular formula is C20H18BrNO3. The van der Waals surface area contributed by atoms with Crippen LogP contribution in [-0.2, 0) is 16.1 Å². The van der Waals surface area contributed by atoms with Crippen molar-refractivity contribution in [2.75, 3.05) is 7.11 Å². The SMILES string of the molecule is COC(=O)C(C#N)=Cc1cc(COc2ccc(Br)cc2)c(C)cc1C. The predicted molar refractivity (Wildman–Crippen MR) is 100.0 cm³/mol. The minimum Gasteiger partial charge on any atom is -0.489 e. The van der Waals surface area contributed by atoms with Gasteiger partial charge in [-0.15, -0.1) is 0 Å². The molecule has 5 heteroatoms. The Kier molecular flexibility index (Phi) is 6.37. The first-order valence-corrected chi connectivity index (χ1v) is 8.42. The first-order valence-electron chi connectivity index (χ1n) is 7.63. The number of ether oxygens (including phenoxy) is 2. The van der Waals surface area contributed by atoms with E-state index in [4.69, 9.17) is 10.00 Å². The van der Waals surface area contributed by atoms with Crippen LogP contribution >= 0.6 is 15.9 Å². The minimum atomic E-state index is -0.643. The Labute approximate surface area is 155 Å². The van der Waals surface area contributed by atoms with E-state index in [0.29, 0.717) is 6.61 Å². The van der Waals surface area contributed by atoms with E-state index in [1.54, 1.807) is 6.08 Å². The lowest BCUT2D eigenvalue weighted by Crippen LogP contribution is -2.04. The molecule has 0 aliphatic heterocycles. The molecule has 0 bridgehead atoms. The highest BCUT2D eigenvalue weighted by Crippen LogP contribution is 2.22. The molecule has 0 atom stereocenters. The second-order valence-corrected chi connectivity index (χ2v) is 6.45. The van der Waals surface area contributed by atoms with Crippen LogP contribution in [0.4, 0.5) is 0 Å². The summed E-state index contributed by atoms with van der Waals surface area (Å²) < 4.78 is 11.4. The number of methoxy groups -OCH3 is 1. The first kappa shape index (κ1) is 18.8. The van der Waals surface area contributed by atoms with Crippen molar-refractivity contribution in [3.8, 4) is 11.8 Å². The van der Waals surface area contributed by atoms with Crippen LogP contribution in [-0.4, -0.2) is 13.1 Å². The third-order valence-corrected chi connectivity index (χ3v) is 4.29. The van der Waals surface area contributed by atoms with Gasteiger partial charge in [-0.3, -0.25) is 0 Å². The van der Waals surface area contributed by atoms with Crippen molar-refractivity contribution in [2.45, 2.75) is 20.5 Å². The van der Waals surface area contributed by atoms with Gasteiger partial charge in [0.1, 0.15) is 24.0 Å². The molecule has 2 rings (SSSR count). The van der Waals surface area contributed by atoms with E-state index in [1.807, 2.05) is 56.3 Å². The van der Waals surface area contributed by atoms with E-state index in [0.717, 1.165) is 32.5 Å². The van der Waals surface area contributed by atoms with Crippen LogP contribution in [0.1, 0.15) is 22.3 Å². The smallest absolute Gasteiger partial charge is 0.348 e. The van der Waals surface area contributed by atoms with E-state index in [2.05, 4.69) is 20.7 Å². The van der Waals surface area contributed by atoms with Gasteiger partial charge in [0.25, 0.3) is 0 Å². The number of benzene rings is 2. The summed E-state index contributed by atoms with van der Waals surface area (Å²) in [7, 11) is 1.26. The highest BCUT2D eigenvalue weighted by atomic mass is 79.9. The summed E-state index contributed by atoms with van der Waals surface area (Å²) in [6, 6.07) is 13.4. The molecule has 4 nitrogen and oxygen atoms in total. The summed E-state index contributed by atoms with van der Waals surface area (Å²) >= 11 is 3.39. The van der Waals surface area contributed by atoms with Gasteiger partial charge in [0.05, 0.1) is 7.11 Å². The second kappa shape index (κ2) is 8.50. The maximum Gasteiger partial charge on any atom is 0.348 e. The number of esters is 1. The lowest BCUT2D eigenvalue weighted by molar-refractivity contribution is -0.135. The summed E-state index contributed by atoms with van der Waals surface area (Å²) in [5.74, 6) is 0.127. The third-order valence-electron chi connectivity index (χ3n) is 3.76. The molecule has 2 aromatic rings. The van der Waals surface area contributed by atoms with Gasteiger partial charge in [-0.05, 0) is 72.5 Å². The zero-order chi connectivity index (χ0) is 18.4. The van der Waals surface area contributed by atoms with Gasteiger partial charge in [0.2, 0.25) is 0 Å². The van der Waals surface area contributed by atoms with Crippen molar-refractivity contribution in [3.05, 3.63) is 68.7 Å². The minimum absolute atomic E-state index is 0.0331. The molecule has 0 aliphatic carbocycles. The number of carbonyl (C=O) groups excluding carboxylic acids is 1. The zero-order valence-electron chi connectivity index (χ0n) is 14.3. The van der Waals surface area contributed by atoms with Crippen LogP contribution in [0, 0.1) is 25.2 Å². The van der Waals surface area contributed by atoms with Crippen molar-refractivity contribution >= 4 is 28.0 Å². The van der Waals surface area contributed by atoms with Crippen molar-refractivity contribution in [1.82, 2.24) is 0 Å². The van der Waals surface area contributed by atoms with Gasteiger partial charge in [0.15, 0.2) is 0 Å². The Bertz CT molecular complexity index is 848. The van der Waals surface area contributed by atoms with E-state index in [1.165, 1.54) is 7.11 Å². The van der Waals surface area contributed by atoms with Crippen LogP contribution < -0.4 is 4.74 Å². The summed E-state index contributed by atoms with van der Waals surface area (Å²) in [5, 5.41) is 9.13. The molecule has 0 saturated heterocycles. The molecule has 0 fully saturated rings. The summed E-state index contributed by atoms with van der Waals surface area (Å²) in [5.41, 5.74) is 3.81. The average Bonchev–Trinajstić information content (AvgIpc) is 2.61. The van der Waals surface area contributed by atoms with Gasteiger partial charge in [-0.1, -0.05) is 22.0 Å². The fraction of sp³-hybridized carbons (Fsp3) is 0.200. The van der Waals surface area contributed by atoms with Crippen LogP contribution in [0.15, 0.2) is 46.4 Å². The number of carbonyl (C=O) groups is 1. The molecule has 0 unspecified atom stereocenters. The van der Waals surface area contributed by atoms with Crippen LogP contribution in [0.2, 0.25) is 0 Å². The monoisotopic (exact) mass is 399 g/mol. The van der Waals surface area contributed by atoms with Crippen molar-refractivity contribution < 1.29 is 14.3 Å². The Hall–Kier alpha value is -2.58. The van der Waals surface area contributed by atoms with Crippen molar-refractivity contribution in [2.24, 2.45) is 0 Å². The van der Waals surface area contributed by atoms with Gasteiger partial charge >= 0.3 is 5.97 Å². The lowest BCUT2D eigenvalue weighted by Gasteiger charge is -2.12. The highest BCUT2D eigenvalue weighted by Gasteiger charge is 2.11. The number of hydrogen-bond donors (Lipinski definition) is 0. The molecular weight excluding hydrogens is 382 g/mol. The summed E-state index contributed by atoms with van der Waals surface area (Å²) in [6.45, 7) is 4.34. The zero-order valence-corrected chi connectivity index (χ0v) is 15.9. The summed E-state index contributed by atoms with van der Waals surface area (Å²) in [4.78, 5) is 11.6. The van der Waals surface area contributed by atoms with Crippen LogP contribution in [0.5, 0.6) is 5.75 Å². The number of nitriles is 1. The standard InChI is InChI=1S/C20H18BrNO3/c1-13-8-14(2)17(12-25-19-6-4-18(21)5-7-19)10-15(13)9-16(11-22)20(23)24-3/h4-10H,12H2,1-3H3. The number of aryl methyl sites for hydroxylation is 2. The molecule has 0 radical (unpaired) electrons. The Morgan fingerprint density at radius 1 is 1.20 bits per heavy atom. The largest absolute Gasteiger partial charge is 0.489 e. The van der Waals surface area contributed by atoms with Gasteiger partial charge in [-0.2, -0.15) is 5.26 Å². The number of nitrogens with zero attached hydrogens (tertiary/aromatic N) is 1. The van der Waals surface area contributed by atoms with Gasteiger partial charge in [0, 0.05) is 4.47 Å². The third kappa shape index (κ3) is 4.94. The fourth-order valence-corrected chi connectivity index (χ4v) is 2.59. The first-order chi connectivity index (χ1) is 11.9. The maximum atomic E-state index is 11.6. The van der Waals surface area contributed by atoms with Gasteiger partial charge in [-0.25, -0.2) is 4.79 Å². The Balaban J connectivity index is 2.28. The predicted octanol–water partition coefficient (Wildman–Crippen LogP) is 4.72.